The van der Waals surface area contributed by atoms with Crippen LogP contribution in [0.25, 0.3) is 11.3 Å². The Bertz CT molecular complexity index is 885. The Morgan fingerprint density at radius 1 is 1.32 bits per heavy atom. The van der Waals surface area contributed by atoms with Gasteiger partial charge in [0.2, 0.25) is 0 Å². The molecule has 0 fully saturated rings. The maximum Gasteiger partial charge on any atom is 0.416 e. The molecule has 0 aliphatic carbocycles. The predicted octanol–water partition coefficient (Wildman–Crippen LogP) is 3.83. The summed E-state index contributed by atoms with van der Waals surface area (Å²) in [6, 6.07) is 5.99. The number of aryl methyl sites for hydroxylation is 1. The van der Waals surface area contributed by atoms with Gasteiger partial charge in [-0.2, -0.15) is 18.3 Å². The molecule has 0 spiro atoms. The smallest absolute Gasteiger partial charge is 0.356 e. The number of carbonyl (C=O) groups is 1. The van der Waals surface area contributed by atoms with Gasteiger partial charge in [-0.15, -0.1) is 0 Å². The second-order valence-corrected chi connectivity index (χ2v) is 5.13. The van der Waals surface area contributed by atoms with Crippen molar-refractivity contribution >= 4 is 11.6 Å². The van der Waals surface area contributed by atoms with Crippen LogP contribution in [-0.4, -0.2) is 20.8 Å². The lowest BCUT2D eigenvalue weighted by molar-refractivity contribution is -0.137. The molecule has 1 N–H and O–H groups in total. The minimum atomic E-state index is -4.49. The summed E-state index contributed by atoms with van der Waals surface area (Å²) >= 11 is 0. The van der Waals surface area contributed by atoms with Gasteiger partial charge in [-0.1, -0.05) is 11.2 Å². The summed E-state index contributed by atoms with van der Waals surface area (Å²) in [4.78, 5) is 12.6. The third-order valence-electron chi connectivity index (χ3n) is 3.51. The van der Waals surface area contributed by atoms with Gasteiger partial charge in [-0.3, -0.25) is 9.48 Å². The number of benzene rings is 1. The highest BCUT2D eigenvalue weighted by Gasteiger charge is 2.30. The van der Waals surface area contributed by atoms with Gasteiger partial charge in [0.25, 0.3) is 5.91 Å². The molecule has 3 aromatic rings. The Labute approximate surface area is 140 Å². The van der Waals surface area contributed by atoms with Crippen LogP contribution in [0.5, 0.6) is 0 Å². The highest BCUT2D eigenvalue weighted by atomic mass is 19.4. The van der Waals surface area contributed by atoms with E-state index in [0.717, 1.165) is 12.1 Å². The van der Waals surface area contributed by atoms with Crippen LogP contribution in [0.3, 0.4) is 0 Å². The minimum absolute atomic E-state index is 0.0344. The zero-order chi connectivity index (χ0) is 18.0. The molecule has 0 unspecified atom stereocenters. The Kier molecular flexibility index (Phi) is 4.30. The van der Waals surface area contributed by atoms with Crippen molar-refractivity contribution in [3.63, 3.8) is 0 Å². The van der Waals surface area contributed by atoms with E-state index in [4.69, 9.17) is 4.52 Å². The number of alkyl halides is 3. The first-order valence-electron chi connectivity index (χ1n) is 7.35. The molecule has 25 heavy (non-hydrogen) atoms. The summed E-state index contributed by atoms with van der Waals surface area (Å²) in [6.45, 7) is 2.19. The highest BCUT2D eigenvalue weighted by molar-refractivity contribution is 6.07. The second kappa shape index (κ2) is 6.42. The molecule has 0 atom stereocenters. The standard InChI is InChI=1S/C16H13F3N4O2/c1-2-23-14(12(9-20-23)13-6-7-21-25-13)15(24)22-11-5-3-4-10(8-11)16(17,18)19/h3-9H,2H2,1H3,(H,22,24). The Morgan fingerprint density at radius 2 is 2.12 bits per heavy atom. The van der Waals surface area contributed by atoms with Gasteiger partial charge in [0.05, 0.1) is 23.5 Å². The summed E-state index contributed by atoms with van der Waals surface area (Å²) in [7, 11) is 0. The van der Waals surface area contributed by atoms with Crippen LogP contribution in [0, 0.1) is 0 Å². The van der Waals surface area contributed by atoms with E-state index < -0.39 is 17.6 Å². The fourth-order valence-corrected chi connectivity index (χ4v) is 2.36. The van der Waals surface area contributed by atoms with Crippen LogP contribution in [0.2, 0.25) is 0 Å². The van der Waals surface area contributed by atoms with Gasteiger partial charge in [0, 0.05) is 18.3 Å². The van der Waals surface area contributed by atoms with Crippen molar-refractivity contribution in [3.8, 4) is 11.3 Å². The van der Waals surface area contributed by atoms with Gasteiger partial charge in [0.1, 0.15) is 5.69 Å². The number of nitrogens with one attached hydrogen (secondary N) is 1. The van der Waals surface area contributed by atoms with Crippen LogP contribution in [-0.2, 0) is 12.7 Å². The monoisotopic (exact) mass is 350 g/mol. The predicted molar refractivity (Wildman–Crippen MR) is 82.8 cm³/mol. The van der Waals surface area contributed by atoms with E-state index in [1.165, 1.54) is 29.2 Å². The fraction of sp³-hybridized carbons (Fsp3) is 0.188. The lowest BCUT2D eigenvalue weighted by Crippen LogP contribution is -2.18. The zero-order valence-electron chi connectivity index (χ0n) is 13.0. The average Bonchev–Trinajstić information content (AvgIpc) is 3.23. The van der Waals surface area contributed by atoms with Crippen molar-refractivity contribution in [2.45, 2.75) is 19.6 Å². The molecule has 3 rings (SSSR count). The summed E-state index contributed by atoms with van der Waals surface area (Å²) in [5.74, 6) is -0.251. The molecule has 2 aromatic heterocycles. The van der Waals surface area contributed by atoms with Crippen molar-refractivity contribution in [2.24, 2.45) is 0 Å². The van der Waals surface area contributed by atoms with E-state index in [2.05, 4.69) is 15.6 Å². The van der Waals surface area contributed by atoms with Crippen LogP contribution in [0.15, 0.2) is 47.2 Å². The molecule has 0 bridgehead atoms. The number of amides is 1. The first kappa shape index (κ1) is 16.7. The third-order valence-corrected chi connectivity index (χ3v) is 3.51. The molecule has 0 saturated carbocycles. The van der Waals surface area contributed by atoms with E-state index in [0.29, 0.717) is 17.9 Å². The van der Waals surface area contributed by atoms with E-state index >= 15 is 0 Å². The first-order valence-corrected chi connectivity index (χ1v) is 7.35. The van der Waals surface area contributed by atoms with E-state index in [1.54, 1.807) is 13.0 Å². The molecule has 1 aromatic carbocycles. The number of nitrogens with zero attached hydrogens (tertiary/aromatic N) is 3. The number of hydrogen-bond acceptors (Lipinski definition) is 4. The number of rotatable bonds is 4. The summed E-state index contributed by atoms with van der Waals surface area (Å²) in [6.07, 6.45) is -1.62. The molecule has 0 aliphatic heterocycles. The van der Waals surface area contributed by atoms with Crippen LogP contribution in [0.1, 0.15) is 23.0 Å². The zero-order valence-corrected chi connectivity index (χ0v) is 13.0. The number of hydrogen-bond donors (Lipinski definition) is 1. The third kappa shape index (κ3) is 3.39. The van der Waals surface area contributed by atoms with Gasteiger partial charge in [-0.25, -0.2) is 0 Å². The largest absolute Gasteiger partial charge is 0.416 e. The molecule has 2 heterocycles. The molecule has 9 heteroatoms. The maximum atomic E-state index is 12.8. The molecule has 1 amide bonds. The molecule has 0 radical (unpaired) electrons. The Hall–Kier alpha value is -3.10. The molecule has 130 valence electrons. The van der Waals surface area contributed by atoms with Gasteiger partial charge in [0.15, 0.2) is 5.76 Å². The number of carbonyl (C=O) groups excluding carboxylic acids is 1. The average molecular weight is 350 g/mol. The Balaban J connectivity index is 1.93. The Morgan fingerprint density at radius 3 is 2.76 bits per heavy atom. The maximum absolute atomic E-state index is 12.8. The first-order chi connectivity index (χ1) is 11.9. The van der Waals surface area contributed by atoms with Crippen molar-refractivity contribution in [3.05, 3.63) is 54.0 Å². The fourth-order valence-electron chi connectivity index (χ4n) is 2.36. The normalized spacial score (nSPS) is 11.5. The molecule has 0 aliphatic rings. The van der Waals surface area contributed by atoms with Crippen LogP contribution >= 0.6 is 0 Å². The summed E-state index contributed by atoms with van der Waals surface area (Å²) in [5, 5.41) is 10.2. The SMILES string of the molecule is CCn1ncc(-c2ccno2)c1C(=O)Nc1cccc(C(F)(F)F)c1. The van der Waals surface area contributed by atoms with E-state index in [9.17, 15) is 18.0 Å². The van der Waals surface area contributed by atoms with Crippen LogP contribution in [0.4, 0.5) is 18.9 Å². The summed E-state index contributed by atoms with van der Waals surface area (Å²) < 4.78 is 44.9. The topological polar surface area (TPSA) is 73.0 Å². The molecular weight excluding hydrogens is 337 g/mol. The number of halogens is 3. The van der Waals surface area contributed by atoms with Gasteiger partial charge in [-0.05, 0) is 25.1 Å². The van der Waals surface area contributed by atoms with Crippen LogP contribution < -0.4 is 5.32 Å². The minimum Gasteiger partial charge on any atom is -0.356 e. The summed E-state index contributed by atoms with van der Waals surface area (Å²) in [5.41, 5.74) is -0.225. The number of aromatic nitrogens is 3. The lowest BCUT2D eigenvalue weighted by atomic mass is 10.1. The molecular formula is C16H13F3N4O2. The van der Waals surface area contributed by atoms with Gasteiger partial charge >= 0.3 is 6.18 Å². The van der Waals surface area contributed by atoms with E-state index in [-0.39, 0.29) is 11.4 Å². The van der Waals surface area contributed by atoms with E-state index in [1.807, 2.05) is 0 Å². The van der Waals surface area contributed by atoms with Crippen molar-refractivity contribution in [1.82, 2.24) is 14.9 Å². The van der Waals surface area contributed by atoms with Crippen molar-refractivity contribution in [2.75, 3.05) is 5.32 Å². The lowest BCUT2D eigenvalue weighted by Gasteiger charge is -2.11. The second-order valence-electron chi connectivity index (χ2n) is 5.13. The highest BCUT2D eigenvalue weighted by Crippen LogP contribution is 2.31. The number of anilines is 1. The molecule has 6 nitrogen and oxygen atoms in total. The van der Waals surface area contributed by atoms with Crippen molar-refractivity contribution < 1.29 is 22.5 Å². The molecule has 0 saturated heterocycles. The van der Waals surface area contributed by atoms with Crippen molar-refractivity contribution in [1.29, 1.82) is 0 Å². The van der Waals surface area contributed by atoms with Gasteiger partial charge < -0.3 is 9.84 Å². The quantitative estimate of drug-likeness (QED) is 0.776.